The summed E-state index contributed by atoms with van der Waals surface area (Å²) in [5, 5.41) is 0. The standard InChI is InChI=1S/C18H34/c1-5-7-17(11-10-14-8-9-14)18(3,4)13-16-12-15(16)6-2/h14-17H,5-13H2,1-4H3. The lowest BCUT2D eigenvalue weighted by Gasteiger charge is -2.35. The Morgan fingerprint density at radius 1 is 1.06 bits per heavy atom. The van der Waals surface area contributed by atoms with Crippen molar-refractivity contribution in [2.24, 2.45) is 29.1 Å². The van der Waals surface area contributed by atoms with Gasteiger partial charge < -0.3 is 0 Å². The molecule has 0 nitrogen and oxygen atoms in total. The van der Waals surface area contributed by atoms with Crippen molar-refractivity contribution in [3.8, 4) is 0 Å². The van der Waals surface area contributed by atoms with Gasteiger partial charge in [-0.25, -0.2) is 0 Å². The summed E-state index contributed by atoms with van der Waals surface area (Å²) >= 11 is 0. The maximum Gasteiger partial charge on any atom is -0.0323 e. The molecule has 3 unspecified atom stereocenters. The first-order valence-corrected chi connectivity index (χ1v) is 8.56. The Hall–Kier alpha value is 0. The molecular weight excluding hydrogens is 216 g/mol. The fraction of sp³-hybridized carbons (Fsp3) is 1.00. The molecule has 2 fully saturated rings. The lowest BCUT2D eigenvalue weighted by atomic mass is 9.70. The molecule has 106 valence electrons. The highest BCUT2D eigenvalue weighted by Crippen LogP contribution is 2.51. The predicted octanol–water partition coefficient (Wildman–Crippen LogP) is 6.06. The molecule has 0 N–H and O–H groups in total. The van der Waals surface area contributed by atoms with Gasteiger partial charge in [-0.2, -0.15) is 0 Å². The summed E-state index contributed by atoms with van der Waals surface area (Å²) in [7, 11) is 0. The van der Waals surface area contributed by atoms with E-state index in [1.165, 1.54) is 57.8 Å². The van der Waals surface area contributed by atoms with Crippen LogP contribution in [0.1, 0.15) is 85.5 Å². The summed E-state index contributed by atoms with van der Waals surface area (Å²) < 4.78 is 0. The van der Waals surface area contributed by atoms with Crippen LogP contribution in [0.2, 0.25) is 0 Å². The molecule has 0 spiro atoms. The fourth-order valence-corrected chi connectivity index (χ4v) is 4.02. The van der Waals surface area contributed by atoms with Crippen molar-refractivity contribution in [1.29, 1.82) is 0 Å². The van der Waals surface area contributed by atoms with Crippen molar-refractivity contribution >= 4 is 0 Å². The molecule has 0 heteroatoms. The van der Waals surface area contributed by atoms with Crippen molar-refractivity contribution in [1.82, 2.24) is 0 Å². The molecule has 0 aliphatic heterocycles. The smallest absolute Gasteiger partial charge is 0.0323 e. The van der Waals surface area contributed by atoms with Crippen molar-refractivity contribution in [3.05, 3.63) is 0 Å². The molecule has 2 rings (SSSR count). The first kappa shape index (κ1) is 14.4. The molecule has 0 bridgehead atoms. The van der Waals surface area contributed by atoms with Crippen LogP contribution in [0.25, 0.3) is 0 Å². The second-order valence-electron chi connectivity index (χ2n) is 7.86. The van der Waals surface area contributed by atoms with Crippen molar-refractivity contribution in [2.75, 3.05) is 0 Å². The van der Waals surface area contributed by atoms with Gasteiger partial charge in [-0.1, -0.05) is 66.2 Å². The monoisotopic (exact) mass is 250 g/mol. The van der Waals surface area contributed by atoms with Gasteiger partial charge in [-0.3, -0.25) is 0 Å². The van der Waals surface area contributed by atoms with Crippen molar-refractivity contribution in [2.45, 2.75) is 85.5 Å². The van der Waals surface area contributed by atoms with Gasteiger partial charge in [0.1, 0.15) is 0 Å². The van der Waals surface area contributed by atoms with Crippen LogP contribution in [0.4, 0.5) is 0 Å². The number of rotatable bonds is 9. The highest BCUT2D eigenvalue weighted by molar-refractivity contribution is 4.92. The van der Waals surface area contributed by atoms with Crippen LogP contribution in [-0.4, -0.2) is 0 Å². The molecule has 18 heavy (non-hydrogen) atoms. The maximum absolute atomic E-state index is 2.56. The Balaban J connectivity index is 1.81. The predicted molar refractivity (Wildman–Crippen MR) is 80.6 cm³/mol. The summed E-state index contributed by atoms with van der Waals surface area (Å²) in [5.41, 5.74) is 0.597. The average molecular weight is 250 g/mol. The lowest BCUT2D eigenvalue weighted by Crippen LogP contribution is -2.25. The first-order chi connectivity index (χ1) is 8.56. The molecule has 0 aromatic carbocycles. The molecule has 2 aliphatic rings. The van der Waals surface area contributed by atoms with Gasteiger partial charge in [0.05, 0.1) is 0 Å². The molecule has 0 saturated heterocycles. The normalized spacial score (nSPS) is 29.3. The van der Waals surface area contributed by atoms with E-state index in [2.05, 4.69) is 27.7 Å². The van der Waals surface area contributed by atoms with Crippen LogP contribution in [-0.2, 0) is 0 Å². The lowest BCUT2D eigenvalue weighted by molar-refractivity contribution is 0.153. The summed E-state index contributed by atoms with van der Waals surface area (Å²) in [6.07, 6.45) is 13.4. The summed E-state index contributed by atoms with van der Waals surface area (Å²) in [5.74, 6) is 4.26. The highest BCUT2D eigenvalue weighted by atomic mass is 14.5. The zero-order chi connectivity index (χ0) is 13.2. The van der Waals surface area contributed by atoms with Gasteiger partial charge in [0.15, 0.2) is 0 Å². The molecule has 0 aromatic heterocycles. The molecule has 3 atom stereocenters. The van der Waals surface area contributed by atoms with Gasteiger partial charge in [0.25, 0.3) is 0 Å². The second kappa shape index (κ2) is 5.97. The number of hydrogen-bond donors (Lipinski definition) is 0. The van der Waals surface area contributed by atoms with Crippen LogP contribution >= 0.6 is 0 Å². The van der Waals surface area contributed by atoms with Crippen LogP contribution < -0.4 is 0 Å². The SMILES string of the molecule is CCCC(CCC1CC1)C(C)(C)CC1CC1CC. The zero-order valence-electron chi connectivity index (χ0n) is 13.2. The average Bonchev–Trinajstić information content (AvgIpc) is 3.18. The summed E-state index contributed by atoms with van der Waals surface area (Å²) in [6.45, 7) is 9.86. The third-order valence-corrected chi connectivity index (χ3v) is 5.74. The molecule has 2 saturated carbocycles. The quantitative estimate of drug-likeness (QED) is 0.467. The minimum atomic E-state index is 0.597. The van der Waals surface area contributed by atoms with Gasteiger partial charge >= 0.3 is 0 Å². The van der Waals surface area contributed by atoms with Crippen LogP contribution in [0.3, 0.4) is 0 Å². The van der Waals surface area contributed by atoms with Gasteiger partial charge in [0, 0.05) is 0 Å². The Morgan fingerprint density at radius 2 is 1.78 bits per heavy atom. The van der Waals surface area contributed by atoms with Gasteiger partial charge in [0.2, 0.25) is 0 Å². The molecule has 0 radical (unpaired) electrons. The highest BCUT2D eigenvalue weighted by Gasteiger charge is 2.41. The fourth-order valence-electron chi connectivity index (χ4n) is 4.02. The second-order valence-corrected chi connectivity index (χ2v) is 7.86. The van der Waals surface area contributed by atoms with Crippen molar-refractivity contribution < 1.29 is 0 Å². The van der Waals surface area contributed by atoms with Crippen molar-refractivity contribution in [3.63, 3.8) is 0 Å². The van der Waals surface area contributed by atoms with Crippen LogP contribution in [0, 0.1) is 29.1 Å². The Morgan fingerprint density at radius 3 is 2.28 bits per heavy atom. The molecular formula is C18H34. The van der Waals surface area contributed by atoms with E-state index in [0.29, 0.717) is 5.41 Å². The third kappa shape index (κ3) is 4.00. The van der Waals surface area contributed by atoms with E-state index in [-0.39, 0.29) is 0 Å². The van der Waals surface area contributed by atoms with E-state index >= 15 is 0 Å². The van der Waals surface area contributed by atoms with E-state index in [9.17, 15) is 0 Å². The van der Waals surface area contributed by atoms with Crippen LogP contribution in [0.5, 0.6) is 0 Å². The first-order valence-electron chi connectivity index (χ1n) is 8.56. The Labute approximate surface area is 115 Å². The summed E-state index contributed by atoms with van der Waals surface area (Å²) in [6, 6.07) is 0. The van der Waals surface area contributed by atoms with E-state index < -0.39 is 0 Å². The van der Waals surface area contributed by atoms with Gasteiger partial charge in [-0.05, 0) is 48.3 Å². The molecule has 0 heterocycles. The number of hydrogen-bond acceptors (Lipinski definition) is 0. The Bertz CT molecular complexity index is 249. The largest absolute Gasteiger partial charge is 0.0654 e. The third-order valence-electron chi connectivity index (χ3n) is 5.74. The molecule has 0 aromatic rings. The summed E-state index contributed by atoms with van der Waals surface area (Å²) in [4.78, 5) is 0. The van der Waals surface area contributed by atoms with E-state index in [4.69, 9.17) is 0 Å². The molecule has 2 aliphatic carbocycles. The van der Waals surface area contributed by atoms with E-state index in [1.807, 2.05) is 0 Å². The van der Waals surface area contributed by atoms with E-state index in [1.54, 1.807) is 0 Å². The molecule has 0 amide bonds. The maximum atomic E-state index is 2.56. The Kier molecular flexibility index (Phi) is 4.78. The van der Waals surface area contributed by atoms with Crippen LogP contribution in [0.15, 0.2) is 0 Å². The zero-order valence-corrected chi connectivity index (χ0v) is 13.2. The minimum absolute atomic E-state index is 0.597. The minimum Gasteiger partial charge on any atom is -0.0654 e. The van der Waals surface area contributed by atoms with E-state index in [0.717, 1.165) is 23.7 Å². The van der Waals surface area contributed by atoms with Gasteiger partial charge in [-0.15, -0.1) is 0 Å². The topological polar surface area (TPSA) is 0 Å².